The third kappa shape index (κ3) is 4.57. The molecule has 5 rings (SSSR count). The molecule has 0 bridgehead atoms. The van der Waals surface area contributed by atoms with Gasteiger partial charge in [0.25, 0.3) is 0 Å². The van der Waals surface area contributed by atoms with Crippen LogP contribution in [0, 0.1) is 23.2 Å². The van der Waals surface area contributed by atoms with Gasteiger partial charge in [-0.25, -0.2) is 0 Å². The zero-order valence-corrected chi connectivity index (χ0v) is 23.8. The summed E-state index contributed by atoms with van der Waals surface area (Å²) in [7, 11) is 0. The number of ether oxygens (including phenoxy) is 1. The summed E-state index contributed by atoms with van der Waals surface area (Å²) in [5, 5.41) is 11.4. The molecule has 0 amide bonds. The van der Waals surface area contributed by atoms with Gasteiger partial charge in [-0.2, -0.15) is 22.0 Å². The van der Waals surface area contributed by atoms with E-state index in [0.29, 0.717) is 25.7 Å². The SMILES string of the molecule is CC(C)C(=O)OC(C)c1ccc([C@H]2C[C@@]3(C)C(CC[C@@]3(O)C(F)(F)C(F)(F)F)C3CCC4=CC(=O)CCC4=C32)cc1. The van der Waals surface area contributed by atoms with Crippen LogP contribution in [0.25, 0.3) is 0 Å². The molecule has 0 aromatic heterocycles. The first-order valence-electron chi connectivity index (χ1n) is 14.5. The first kappa shape index (κ1) is 29.9. The lowest BCUT2D eigenvalue weighted by molar-refractivity contribution is -0.362. The van der Waals surface area contributed by atoms with Gasteiger partial charge in [0, 0.05) is 17.8 Å². The fourth-order valence-corrected chi connectivity index (χ4v) is 8.09. The van der Waals surface area contributed by atoms with Crippen LogP contribution in [-0.4, -0.2) is 34.6 Å². The first-order chi connectivity index (χ1) is 19.0. The summed E-state index contributed by atoms with van der Waals surface area (Å²) in [6, 6.07) is 7.21. The number of rotatable bonds is 5. The number of halogens is 5. The highest BCUT2D eigenvalue weighted by Gasteiger charge is 2.79. The molecule has 0 saturated heterocycles. The fourth-order valence-electron chi connectivity index (χ4n) is 8.09. The molecule has 0 spiro atoms. The smallest absolute Gasteiger partial charge is 0.456 e. The lowest BCUT2D eigenvalue weighted by Crippen LogP contribution is -2.65. The molecule has 1 N–H and O–H groups in total. The number of fused-ring (bicyclic) bond motifs is 4. The Morgan fingerprint density at radius 3 is 2.29 bits per heavy atom. The van der Waals surface area contributed by atoms with Crippen molar-refractivity contribution in [3.05, 3.63) is 58.2 Å². The minimum Gasteiger partial charge on any atom is -0.458 e. The van der Waals surface area contributed by atoms with E-state index in [9.17, 15) is 27.9 Å². The monoisotopic (exact) mass is 580 g/mol. The summed E-state index contributed by atoms with van der Waals surface area (Å²) in [6.07, 6.45) is -3.46. The summed E-state index contributed by atoms with van der Waals surface area (Å²) in [5.74, 6) is -7.21. The van der Waals surface area contributed by atoms with Crippen molar-refractivity contribution in [2.75, 3.05) is 0 Å². The minimum atomic E-state index is -5.88. The van der Waals surface area contributed by atoms with Crippen LogP contribution in [0.5, 0.6) is 0 Å². The molecule has 41 heavy (non-hydrogen) atoms. The van der Waals surface area contributed by atoms with Gasteiger partial charge < -0.3 is 9.84 Å². The highest BCUT2D eigenvalue weighted by atomic mass is 19.4. The van der Waals surface area contributed by atoms with Crippen molar-refractivity contribution >= 4 is 11.8 Å². The maximum Gasteiger partial charge on any atom is 0.456 e. The van der Waals surface area contributed by atoms with E-state index in [1.54, 1.807) is 39.0 Å². The molecule has 4 aliphatic carbocycles. The summed E-state index contributed by atoms with van der Waals surface area (Å²) < 4.78 is 77.0. The van der Waals surface area contributed by atoms with Crippen LogP contribution >= 0.6 is 0 Å². The molecule has 2 fully saturated rings. The molecule has 0 aliphatic heterocycles. The number of alkyl halides is 5. The van der Waals surface area contributed by atoms with E-state index < -0.39 is 47.5 Å². The molecular formula is C32H37F5O4. The molecule has 4 aliphatic rings. The van der Waals surface area contributed by atoms with Crippen molar-refractivity contribution in [1.29, 1.82) is 0 Å². The minimum absolute atomic E-state index is 0.0364. The lowest BCUT2D eigenvalue weighted by atomic mass is 9.50. The van der Waals surface area contributed by atoms with Crippen LogP contribution < -0.4 is 0 Å². The summed E-state index contributed by atoms with van der Waals surface area (Å²) in [4.78, 5) is 24.3. The van der Waals surface area contributed by atoms with Gasteiger partial charge in [0.2, 0.25) is 0 Å². The second-order valence-electron chi connectivity index (χ2n) is 12.9. The standard InChI is InChI=1S/C32H37F5O4/c1-17(2)28(39)41-18(3)19-5-7-20(8-6-19)25-16-29(4)26(13-14-30(29,40)31(33,34)32(35,36)37)24-11-9-21-15-22(38)10-12-23(21)27(24)25/h5-8,15,17-18,24-26,40H,9-14,16H2,1-4H3/t18?,24?,25-,26?,29+,30+/m1/s1. The number of carbonyl (C=O) groups is 2. The van der Waals surface area contributed by atoms with Crippen LogP contribution in [-0.2, 0) is 14.3 Å². The topological polar surface area (TPSA) is 63.6 Å². The predicted octanol–water partition coefficient (Wildman–Crippen LogP) is 7.78. The number of hydrogen-bond acceptors (Lipinski definition) is 4. The molecule has 1 aromatic rings. The van der Waals surface area contributed by atoms with E-state index >= 15 is 8.78 Å². The zero-order chi connectivity index (χ0) is 30.1. The highest BCUT2D eigenvalue weighted by Crippen LogP contribution is 2.70. The van der Waals surface area contributed by atoms with Gasteiger partial charge in [-0.15, -0.1) is 0 Å². The van der Waals surface area contributed by atoms with Crippen molar-refractivity contribution in [2.45, 2.75) is 102 Å². The Bertz CT molecular complexity index is 1290. The Morgan fingerprint density at radius 2 is 1.68 bits per heavy atom. The molecule has 0 radical (unpaired) electrons. The molecule has 3 unspecified atom stereocenters. The summed E-state index contributed by atoms with van der Waals surface area (Å²) in [6.45, 7) is 6.63. The third-order valence-corrected chi connectivity index (χ3v) is 10.3. The van der Waals surface area contributed by atoms with Gasteiger partial charge in [-0.3, -0.25) is 9.59 Å². The lowest BCUT2D eigenvalue weighted by Gasteiger charge is -2.56. The maximum atomic E-state index is 15.1. The van der Waals surface area contributed by atoms with Crippen LogP contribution in [0.3, 0.4) is 0 Å². The fraction of sp³-hybridized carbons (Fsp3) is 0.625. The molecule has 224 valence electrons. The second kappa shape index (κ2) is 10.0. The Kier molecular flexibility index (Phi) is 7.32. The second-order valence-corrected chi connectivity index (χ2v) is 12.9. The maximum absolute atomic E-state index is 15.1. The number of benzene rings is 1. The highest BCUT2D eigenvalue weighted by molar-refractivity contribution is 5.93. The number of aliphatic hydroxyl groups is 1. The average molecular weight is 581 g/mol. The van der Waals surface area contributed by atoms with Crippen LogP contribution in [0.1, 0.15) is 95.8 Å². The van der Waals surface area contributed by atoms with E-state index in [-0.39, 0.29) is 36.4 Å². The van der Waals surface area contributed by atoms with E-state index in [1.807, 2.05) is 12.1 Å². The number of esters is 1. The predicted molar refractivity (Wildman–Crippen MR) is 142 cm³/mol. The quantitative estimate of drug-likeness (QED) is 0.286. The Balaban J connectivity index is 1.60. The van der Waals surface area contributed by atoms with Gasteiger partial charge in [0.1, 0.15) is 11.7 Å². The Morgan fingerprint density at radius 1 is 1.02 bits per heavy atom. The van der Waals surface area contributed by atoms with Crippen molar-refractivity contribution in [2.24, 2.45) is 23.2 Å². The van der Waals surface area contributed by atoms with Gasteiger partial charge in [-0.1, -0.05) is 50.6 Å². The molecule has 6 atom stereocenters. The van der Waals surface area contributed by atoms with Crippen LogP contribution in [0.15, 0.2) is 47.1 Å². The normalized spacial score (nSPS) is 32.7. The van der Waals surface area contributed by atoms with Gasteiger partial charge in [0.05, 0.1) is 5.92 Å². The van der Waals surface area contributed by atoms with Gasteiger partial charge in [0.15, 0.2) is 5.78 Å². The number of allylic oxidation sites excluding steroid dienone is 4. The van der Waals surface area contributed by atoms with Crippen LogP contribution in [0.2, 0.25) is 0 Å². The number of carbonyl (C=O) groups excluding carboxylic acids is 2. The van der Waals surface area contributed by atoms with E-state index in [4.69, 9.17) is 4.74 Å². The summed E-state index contributed by atoms with van der Waals surface area (Å²) >= 11 is 0. The van der Waals surface area contributed by atoms with Gasteiger partial charge >= 0.3 is 18.1 Å². The van der Waals surface area contributed by atoms with Crippen molar-refractivity contribution in [3.63, 3.8) is 0 Å². The Hall–Kier alpha value is -2.55. The van der Waals surface area contributed by atoms with Crippen molar-refractivity contribution in [1.82, 2.24) is 0 Å². The Labute approximate surface area is 237 Å². The van der Waals surface area contributed by atoms with Crippen molar-refractivity contribution in [3.8, 4) is 0 Å². The molecule has 9 heteroatoms. The number of ketones is 1. The molecule has 2 saturated carbocycles. The first-order valence-corrected chi connectivity index (χ1v) is 14.5. The third-order valence-electron chi connectivity index (χ3n) is 10.3. The zero-order valence-electron chi connectivity index (χ0n) is 23.8. The average Bonchev–Trinajstić information content (AvgIpc) is 3.18. The van der Waals surface area contributed by atoms with Crippen LogP contribution in [0.4, 0.5) is 22.0 Å². The largest absolute Gasteiger partial charge is 0.458 e. The summed E-state index contributed by atoms with van der Waals surface area (Å²) in [5.41, 5.74) is -0.499. The molecule has 4 nitrogen and oxygen atoms in total. The molecule has 1 aromatic carbocycles. The number of hydrogen-bond donors (Lipinski definition) is 1. The van der Waals surface area contributed by atoms with Crippen molar-refractivity contribution < 1.29 is 41.4 Å². The van der Waals surface area contributed by atoms with E-state index in [0.717, 1.165) is 27.8 Å². The van der Waals surface area contributed by atoms with E-state index in [1.165, 1.54) is 6.92 Å². The molecule has 0 heterocycles. The molecular weight excluding hydrogens is 543 g/mol. The van der Waals surface area contributed by atoms with E-state index in [2.05, 4.69) is 0 Å². The van der Waals surface area contributed by atoms with Gasteiger partial charge in [-0.05, 0) is 85.6 Å².